The van der Waals surface area contributed by atoms with Crippen LogP contribution in [-0.4, -0.2) is 56.9 Å². The number of thiazole rings is 1. The second kappa shape index (κ2) is 9.33. The van der Waals surface area contributed by atoms with Crippen LogP contribution in [-0.2, 0) is 28.9 Å². The average molecular weight is 487 g/mol. The number of pyridine rings is 1. The van der Waals surface area contributed by atoms with E-state index in [-0.39, 0.29) is 5.91 Å². The van der Waals surface area contributed by atoms with Crippen LogP contribution in [0, 0.1) is 0 Å². The number of amides is 1. The molecule has 1 fully saturated rings. The van der Waals surface area contributed by atoms with Gasteiger partial charge in [-0.2, -0.15) is 5.10 Å². The highest BCUT2D eigenvalue weighted by atomic mass is 32.1. The van der Waals surface area contributed by atoms with Gasteiger partial charge in [0.1, 0.15) is 0 Å². The van der Waals surface area contributed by atoms with E-state index in [1.54, 1.807) is 6.20 Å². The molecule has 0 radical (unpaired) electrons. The van der Waals surface area contributed by atoms with Crippen molar-refractivity contribution in [1.82, 2.24) is 24.6 Å². The van der Waals surface area contributed by atoms with Crippen LogP contribution in [0.2, 0.25) is 0 Å². The van der Waals surface area contributed by atoms with Gasteiger partial charge in [0, 0.05) is 50.1 Å². The summed E-state index contributed by atoms with van der Waals surface area (Å²) in [6.07, 6.45) is 5.30. The zero-order valence-electron chi connectivity index (χ0n) is 19.5. The van der Waals surface area contributed by atoms with E-state index < -0.39 is 0 Å². The average Bonchev–Trinajstić information content (AvgIpc) is 3.46. The Labute approximate surface area is 207 Å². The normalized spacial score (nSPS) is 15.5. The van der Waals surface area contributed by atoms with Gasteiger partial charge in [0.25, 0.3) is 0 Å². The Kier molecular flexibility index (Phi) is 5.89. The molecule has 4 aromatic rings. The molecule has 0 unspecified atom stereocenters. The molecule has 4 heterocycles. The van der Waals surface area contributed by atoms with Crippen molar-refractivity contribution in [3.05, 3.63) is 65.6 Å². The van der Waals surface area contributed by atoms with E-state index in [1.165, 1.54) is 29.4 Å². The largest absolute Gasteiger partial charge is 0.379 e. The van der Waals surface area contributed by atoms with Crippen LogP contribution >= 0.6 is 11.3 Å². The number of hydrogen-bond donors (Lipinski definition) is 1. The molecule has 178 valence electrons. The number of aryl methyl sites for hydroxylation is 1. The number of ether oxygens (including phenoxy) is 1. The van der Waals surface area contributed by atoms with E-state index in [9.17, 15) is 4.79 Å². The third kappa shape index (κ3) is 4.38. The predicted octanol–water partition coefficient (Wildman–Crippen LogP) is 3.95. The third-order valence-corrected chi connectivity index (χ3v) is 7.44. The molecule has 1 aliphatic carbocycles. The summed E-state index contributed by atoms with van der Waals surface area (Å²) >= 11 is 1.51. The Balaban J connectivity index is 1.41. The van der Waals surface area contributed by atoms with Crippen LogP contribution in [0.15, 0.2) is 48.8 Å². The summed E-state index contributed by atoms with van der Waals surface area (Å²) in [5.74, 6) is -0.114. The van der Waals surface area contributed by atoms with Crippen LogP contribution in [0.5, 0.6) is 0 Å². The van der Waals surface area contributed by atoms with Gasteiger partial charge < -0.3 is 10.1 Å². The lowest BCUT2D eigenvalue weighted by Gasteiger charge is -2.26. The number of fused-ring (bicyclic) bond motifs is 3. The predicted molar refractivity (Wildman–Crippen MR) is 136 cm³/mol. The summed E-state index contributed by atoms with van der Waals surface area (Å²) in [5.41, 5.74) is 7.49. The van der Waals surface area contributed by atoms with E-state index in [1.807, 2.05) is 16.9 Å². The Hall–Kier alpha value is -3.40. The number of benzene rings is 1. The molecule has 1 aliphatic heterocycles. The van der Waals surface area contributed by atoms with Crippen molar-refractivity contribution in [3.8, 4) is 27.5 Å². The number of nitrogens with zero attached hydrogens (tertiary/aromatic N) is 5. The van der Waals surface area contributed by atoms with E-state index in [0.717, 1.165) is 78.9 Å². The topological polar surface area (TPSA) is 85.2 Å². The molecule has 35 heavy (non-hydrogen) atoms. The number of rotatable bonds is 5. The van der Waals surface area contributed by atoms with Crippen molar-refractivity contribution < 1.29 is 9.53 Å². The molecule has 0 bridgehead atoms. The Morgan fingerprint density at radius 3 is 2.71 bits per heavy atom. The van der Waals surface area contributed by atoms with Gasteiger partial charge >= 0.3 is 0 Å². The van der Waals surface area contributed by atoms with Gasteiger partial charge in [-0.3, -0.25) is 14.7 Å². The van der Waals surface area contributed by atoms with Gasteiger partial charge in [-0.1, -0.05) is 23.5 Å². The molecule has 0 spiro atoms. The number of carbonyl (C=O) groups excluding carboxylic acids is 1. The summed E-state index contributed by atoms with van der Waals surface area (Å²) in [4.78, 5) is 24.2. The first kappa shape index (κ1) is 22.1. The minimum absolute atomic E-state index is 0.114. The number of morpholine rings is 1. The lowest BCUT2D eigenvalue weighted by Crippen LogP contribution is -2.35. The zero-order valence-corrected chi connectivity index (χ0v) is 20.3. The summed E-state index contributed by atoms with van der Waals surface area (Å²) in [5, 5.41) is 8.57. The molecule has 1 amide bonds. The first-order valence-electron chi connectivity index (χ1n) is 11.8. The third-order valence-electron chi connectivity index (χ3n) is 6.42. The maximum atomic E-state index is 11.6. The maximum Gasteiger partial charge on any atom is 0.223 e. The summed E-state index contributed by atoms with van der Waals surface area (Å²) in [6.45, 7) is 5.95. The standard InChI is InChI=1S/C26H26N6O2S/c1-17(33)28-26-29-22-9-8-21-23(19-3-2-10-27-15-19)30-32(24(21)25(22)35-26)20-6-4-18(5-7-20)16-31-11-13-34-14-12-31/h2-7,10,15H,8-9,11-14,16H2,1H3,(H,28,29,33). The molecule has 2 aliphatic rings. The van der Waals surface area contributed by atoms with Gasteiger partial charge in [0.2, 0.25) is 5.91 Å². The van der Waals surface area contributed by atoms with Crippen LogP contribution in [0.4, 0.5) is 5.13 Å². The first-order chi connectivity index (χ1) is 17.2. The van der Waals surface area contributed by atoms with Gasteiger partial charge in [-0.25, -0.2) is 9.67 Å². The molecule has 1 aromatic carbocycles. The van der Waals surface area contributed by atoms with E-state index in [0.29, 0.717) is 5.13 Å². The monoisotopic (exact) mass is 486 g/mol. The van der Waals surface area contributed by atoms with Crippen molar-refractivity contribution in [1.29, 1.82) is 0 Å². The van der Waals surface area contributed by atoms with Crippen molar-refractivity contribution >= 4 is 22.4 Å². The van der Waals surface area contributed by atoms with Gasteiger partial charge in [0.15, 0.2) is 5.13 Å². The highest BCUT2D eigenvalue weighted by Gasteiger charge is 2.30. The Morgan fingerprint density at radius 1 is 1.14 bits per heavy atom. The van der Waals surface area contributed by atoms with Gasteiger partial charge in [-0.05, 0) is 42.7 Å². The first-order valence-corrected chi connectivity index (χ1v) is 12.7. The smallest absolute Gasteiger partial charge is 0.223 e. The second-order valence-corrected chi connectivity index (χ2v) is 9.86. The molecule has 3 aromatic heterocycles. The molecule has 0 atom stereocenters. The van der Waals surface area contributed by atoms with E-state index >= 15 is 0 Å². The van der Waals surface area contributed by atoms with Gasteiger partial charge in [0.05, 0.1) is 40.9 Å². The molecule has 0 saturated carbocycles. The molecular weight excluding hydrogens is 460 g/mol. The molecule has 1 N–H and O–H groups in total. The SMILES string of the molecule is CC(=O)Nc1nc2c(s1)-c1c(c(-c3cccnc3)nn1-c1ccc(CN3CCOCC3)cc1)CC2. The van der Waals surface area contributed by atoms with Crippen LogP contribution in [0.1, 0.15) is 23.7 Å². The number of hydrogen-bond acceptors (Lipinski definition) is 7. The highest BCUT2D eigenvalue weighted by molar-refractivity contribution is 7.19. The molecule has 6 rings (SSSR count). The van der Waals surface area contributed by atoms with Crippen LogP contribution in [0.25, 0.3) is 27.5 Å². The molecule has 9 heteroatoms. The van der Waals surface area contributed by atoms with Crippen molar-refractivity contribution in [3.63, 3.8) is 0 Å². The van der Waals surface area contributed by atoms with E-state index in [2.05, 4.69) is 45.5 Å². The van der Waals surface area contributed by atoms with E-state index in [4.69, 9.17) is 14.8 Å². The maximum absolute atomic E-state index is 11.6. The Morgan fingerprint density at radius 2 is 1.97 bits per heavy atom. The number of aromatic nitrogens is 4. The number of anilines is 1. The molecule has 1 saturated heterocycles. The van der Waals surface area contributed by atoms with Crippen molar-refractivity contribution in [2.24, 2.45) is 0 Å². The minimum Gasteiger partial charge on any atom is -0.379 e. The van der Waals surface area contributed by atoms with Crippen molar-refractivity contribution in [2.45, 2.75) is 26.3 Å². The summed E-state index contributed by atoms with van der Waals surface area (Å²) in [7, 11) is 0. The Bertz CT molecular complexity index is 1360. The fourth-order valence-corrected chi connectivity index (χ4v) is 5.87. The number of carbonyl (C=O) groups is 1. The van der Waals surface area contributed by atoms with Crippen molar-refractivity contribution in [2.75, 3.05) is 31.6 Å². The van der Waals surface area contributed by atoms with Crippen LogP contribution < -0.4 is 5.32 Å². The quantitative estimate of drug-likeness (QED) is 0.460. The number of nitrogens with one attached hydrogen (secondary N) is 1. The fraction of sp³-hybridized carbons (Fsp3) is 0.308. The molecule has 8 nitrogen and oxygen atoms in total. The lowest BCUT2D eigenvalue weighted by atomic mass is 9.95. The van der Waals surface area contributed by atoms with Gasteiger partial charge in [-0.15, -0.1) is 0 Å². The summed E-state index contributed by atoms with van der Waals surface area (Å²) < 4.78 is 7.50. The fourth-order valence-electron chi connectivity index (χ4n) is 4.76. The summed E-state index contributed by atoms with van der Waals surface area (Å²) in [6, 6.07) is 12.6. The molecular formula is C26H26N6O2S. The highest BCUT2D eigenvalue weighted by Crippen LogP contribution is 2.44. The minimum atomic E-state index is -0.114. The van der Waals surface area contributed by atoms with Crippen LogP contribution in [0.3, 0.4) is 0 Å². The lowest BCUT2D eigenvalue weighted by molar-refractivity contribution is -0.114. The zero-order chi connectivity index (χ0) is 23.8. The second-order valence-electron chi connectivity index (χ2n) is 8.86.